The number of nitrogens with one attached hydrogen (secondary N) is 1. The number of rotatable bonds is 8. The second-order valence-corrected chi connectivity index (χ2v) is 6.01. The molecule has 3 amide bonds. The zero-order chi connectivity index (χ0) is 14.8. The van der Waals surface area contributed by atoms with Crippen molar-refractivity contribution < 1.29 is 14.4 Å². The summed E-state index contributed by atoms with van der Waals surface area (Å²) >= 11 is 0. The first-order valence-corrected chi connectivity index (χ1v) is 7.33. The van der Waals surface area contributed by atoms with E-state index in [0.29, 0.717) is 38.3 Å². The summed E-state index contributed by atoms with van der Waals surface area (Å²) in [5.74, 6) is -0.495. The van der Waals surface area contributed by atoms with E-state index in [4.69, 9.17) is 5.73 Å². The lowest BCUT2D eigenvalue weighted by molar-refractivity contribution is -0.138. The summed E-state index contributed by atoms with van der Waals surface area (Å²) < 4.78 is 0. The smallest absolute Gasteiger partial charge is 0.237 e. The van der Waals surface area contributed by atoms with Crippen molar-refractivity contribution in [1.82, 2.24) is 10.2 Å². The van der Waals surface area contributed by atoms with Gasteiger partial charge in [-0.05, 0) is 39.0 Å². The molecule has 1 heterocycles. The lowest BCUT2D eigenvalue weighted by Gasteiger charge is -2.28. The molecule has 1 aliphatic heterocycles. The third-order valence-electron chi connectivity index (χ3n) is 4.11. The second-order valence-electron chi connectivity index (χ2n) is 6.01. The van der Waals surface area contributed by atoms with E-state index in [1.807, 2.05) is 6.92 Å². The second kappa shape index (κ2) is 5.91. The Labute approximate surface area is 119 Å². The minimum absolute atomic E-state index is 0.0798. The van der Waals surface area contributed by atoms with Crippen LogP contribution in [0.2, 0.25) is 0 Å². The van der Waals surface area contributed by atoms with Gasteiger partial charge in [0.2, 0.25) is 17.7 Å². The molecule has 1 unspecified atom stereocenters. The van der Waals surface area contributed by atoms with Gasteiger partial charge in [0, 0.05) is 25.4 Å². The topological polar surface area (TPSA) is 92.5 Å². The molecule has 20 heavy (non-hydrogen) atoms. The maximum atomic E-state index is 11.6. The van der Waals surface area contributed by atoms with Gasteiger partial charge in [-0.2, -0.15) is 0 Å². The highest BCUT2D eigenvalue weighted by molar-refractivity contribution is 6.01. The molecule has 0 bridgehead atoms. The highest BCUT2D eigenvalue weighted by Gasteiger charge is 2.36. The van der Waals surface area contributed by atoms with Crippen LogP contribution in [0.25, 0.3) is 0 Å². The number of carbonyl (C=O) groups excluding carboxylic acids is 3. The largest absolute Gasteiger partial charge is 0.368 e. The summed E-state index contributed by atoms with van der Waals surface area (Å²) in [6.07, 6.45) is 4.97. The van der Waals surface area contributed by atoms with Gasteiger partial charge < -0.3 is 11.1 Å². The molecular formula is C14H23N3O3. The molecule has 0 aromatic carbocycles. The summed E-state index contributed by atoms with van der Waals surface area (Å²) in [5.41, 5.74) is 4.80. The van der Waals surface area contributed by atoms with Crippen LogP contribution in [0, 0.1) is 0 Å². The van der Waals surface area contributed by atoms with Gasteiger partial charge in [0.05, 0.1) is 5.54 Å². The normalized spacial score (nSPS) is 22.1. The van der Waals surface area contributed by atoms with Gasteiger partial charge in [0.1, 0.15) is 0 Å². The highest BCUT2D eigenvalue weighted by Crippen LogP contribution is 2.25. The van der Waals surface area contributed by atoms with Gasteiger partial charge in [-0.3, -0.25) is 19.3 Å². The Kier molecular flexibility index (Phi) is 4.42. The van der Waals surface area contributed by atoms with E-state index in [1.54, 1.807) is 0 Å². The molecule has 6 nitrogen and oxygen atoms in total. The minimum atomic E-state index is -0.680. The van der Waals surface area contributed by atoms with Crippen molar-refractivity contribution in [1.29, 1.82) is 0 Å². The van der Waals surface area contributed by atoms with Crippen LogP contribution in [0.15, 0.2) is 0 Å². The average Bonchev–Trinajstić information content (AvgIpc) is 3.13. The molecule has 2 fully saturated rings. The third-order valence-corrected chi connectivity index (χ3v) is 4.11. The summed E-state index contributed by atoms with van der Waals surface area (Å²) in [6.45, 7) is 2.29. The molecule has 0 aromatic heterocycles. The van der Waals surface area contributed by atoms with E-state index in [0.717, 1.165) is 19.3 Å². The van der Waals surface area contributed by atoms with Crippen LogP contribution in [-0.2, 0) is 14.4 Å². The molecule has 1 aliphatic carbocycles. The fourth-order valence-corrected chi connectivity index (χ4v) is 2.57. The summed E-state index contributed by atoms with van der Waals surface area (Å²) in [5, 5.41) is 3.29. The number of amides is 3. The first-order chi connectivity index (χ1) is 9.42. The maximum Gasteiger partial charge on any atom is 0.237 e. The van der Waals surface area contributed by atoms with E-state index in [1.165, 1.54) is 4.90 Å². The molecule has 112 valence electrons. The number of primary amides is 1. The number of hydrogen-bond acceptors (Lipinski definition) is 4. The van der Waals surface area contributed by atoms with Crippen LogP contribution in [-0.4, -0.2) is 40.7 Å². The van der Waals surface area contributed by atoms with Gasteiger partial charge in [-0.25, -0.2) is 0 Å². The Morgan fingerprint density at radius 1 is 1.30 bits per heavy atom. The van der Waals surface area contributed by atoms with Crippen molar-refractivity contribution in [3.8, 4) is 0 Å². The number of nitrogens with zero attached hydrogens (tertiary/aromatic N) is 1. The maximum absolute atomic E-state index is 11.6. The monoisotopic (exact) mass is 281 g/mol. The lowest BCUT2D eigenvalue weighted by Crippen LogP contribution is -2.54. The quantitative estimate of drug-likeness (QED) is 0.494. The zero-order valence-electron chi connectivity index (χ0n) is 12.0. The molecular weight excluding hydrogens is 258 g/mol. The zero-order valence-corrected chi connectivity index (χ0v) is 12.0. The van der Waals surface area contributed by atoms with E-state index in [2.05, 4.69) is 5.32 Å². The number of carbonyl (C=O) groups is 3. The van der Waals surface area contributed by atoms with Crippen LogP contribution in [0.3, 0.4) is 0 Å². The van der Waals surface area contributed by atoms with E-state index < -0.39 is 5.54 Å². The first-order valence-electron chi connectivity index (χ1n) is 7.33. The lowest BCUT2D eigenvalue weighted by atomic mass is 9.93. The number of imide groups is 1. The van der Waals surface area contributed by atoms with Gasteiger partial charge >= 0.3 is 0 Å². The molecule has 0 aromatic rings. The molecule has 6 heteroatoms. The van der Waals surface area contributed by atoms with Gasteiger partial charge in [0.15, 0.2) is 0 Å². The number of hydrogen-bond donors (Lipinski definition) is 2. The number of unbranched alkanes of at least 4 members (excludes halogenated alkanes) is 1. The van der Waals surface area contributed by atoms with Crippen LogP contribution in [0.1, 0.15) is 51.9 Å². The Morgan fingerprint density at radius 2 is 1.90 bits per heavy atom. The fourth-order valence-electron chi connectivity index (χ4n) is 2.57. The number of nitrogens with two attached hydrogens (primary N) is 1. The van der Waals surface area contributed by atoms with Gasteiger partial charge in [-0.15, -0.1) is 0 Å². The standard InChI is InChI=1S/C14H23N3O3/c1-14(13(15)20,16-10-4-5-10)8-2-3-9-17-11(18)6-7-12(17)19/h10,16H,2-9H2,1H3,(H2,15,20). The Morgan fingerprint density at radius 3 is 2.40 bits per heavy atom. The van der Waals surface area contributed by atoms with Gasteiger partial charge in [-0.1, -0.05) is 0 Å². The number of likely N-dealkylation sites (tertiary alicyclic amines) is 1. The van der Waals surface area contributed by atoms with Crippen molar-refractivity contribution in [2.24, 2.45) is 5.73 Å². The van der Waals surface area contributed by atoms with Crippen LogP contribution in [0.4, 0.5) is 0 Å². The Hall–Kier alpha value is -1.43. The molecule has 1 saturated carbocycles. The Balaban J connectivity index is 1.74. The molecule has 3 N–H and O–H groups in total. The van der Waals surface area contributed by atoms with Gasteiger partial charge in [0.25, 0.3) is 0 Å². The highest BCUT2D eigenvalue weighted by atomic mass is 16.2. The predicted octanol–water partition coefficient (Wildman–Crippen LogP) is 0.302. The van der Waals surface area contributed by atoms with E-state index >= 15 is 0 Å². The van der Waals surface area contributed by atoms with Crippen LogP contribution >= 0.6 is 0 Å². The minimum Gasteiger partial charge on any atom is -0.368 e. The van der Waals surface area contributed by atoms with Crippen molar-refractivity contribution in [2.45, 2.75) is 63.5 Å². The van der Waals surface area contributed by atoms with Crippen molar-refractivity contribution in [3.63, 3.8) is 0 Å². The van der Waals surface area contributed by atoms with Crippen molar-refractivity contribution in [3.05, 3.63) is 0 Å². The summed E-state index contributed by atoms with van der Waals surface area (Å²) in [6, 6.07) is 0.411. The molecule has 0 spiro atoms. The summed E-state index contributed by atoms with van der Waals surface area (Å²) in [4.78, 5) is 35.8. The van der Waals surface area contributed by atoms with Crippen molar-refractivity contribution >= 4 is 17.7 Å². The predicted molar refractivity (Wildman–Crippen MR) is 73.6 cm³/mol. The third kappa shape index (κ3) is 3.56. The van der Waals surface area contributed by atoms with Crippen molar-refractivity contribution in [2.75, 3.05) is 6.54 Å². The Bertz CT molecular complexity index is 404. The first kappa shape index (κ1) is 15.0. The fraction of sp³-hybridized carbons (Fsp3) is 0.786. The molecule has 1 atom stereocenters. The van der Waals surface area contributed by atoms with E-state index in [-0.39, 0.29) is 17.7 Å². The van der Waals surface area contributed by atoms with E-state index in [9.17, 15) is 14.4 Å². The molecule has 1 saturated heterocycles. The average molecular weight is 281 g/mol. The SMILES string of the molecule is CC(CCCCN1C(=O)CCC1=O)(NC1CC1)C(N)=O. The molecule has 2 aliphatic rings. The summed E-state index contributed by atoms with van der Waals surface area (Å²) in [7, 11) is 0. The molecule has 2 rings (SSSR count). The van der Waals surface area contributed by atoms with Crippen LogP contribution < -0.4 is 11.1 Å². The van der Waals surface area contributed by atoms with Crippen LogP contribution in [0.5, 0.6) is 0 Å². The molecule has 0 radical (unpaired) electrons.